The quantitative estimate of drug-likeness (QED) is 0.206. The van der Waals surface area contributed by atoms with Gasteiger partial charge in [0.1, 0.15) is 12.6 Å². The van der Waals surface area contributed by atoms with Crippen LogP contribution in [0.15, 0.2) is 71.6 Å². The number of hydrogen-bond donors (Lipinski definition) is 1. The fourth-order valence-corrected chi connectivity index (χ4v) is 6.10. The van der Waals surface area contributed by atoms with Crippen LogP contribution >= 0.6 is 34.8 Å². The van der Waals surface area contributed by atoms with Gasteiger partial charge in [-0.1, -0.05) is 72.4 Å². The monoisotopic (exact) mass is 677 g/mol. The van der Waals surface area contributed by atoms with E-state index < -0.39 is 51.9 Å². The molecule has 0 heterocycles. The molecule has 3 aromatic carbocycles. The second-order valence-electron chi connectivity index (χ2n) is 9.58. The van der Waals surface area contributed by atoms with E-state index in [1.807, 2.05) is 6.92 Å². The van der Waals surface area contributed by atoms with Crippen LogP contribution in [0.5, 0.6) is 0 Å². The largest absolute Gasteiger partial charge is 0.416 e. The van der Waals surface area contributed by atoms with Crippen LogP contribution in [0.1, 0.15) is 37.8 Å². The van der Waals surface area contributed by atoms with E-state index in [1.165, 1.54) is 43.3 Å². The van der Waals surface area contributed by atoms with Gasteiger partial charge in [0.15, 0.2) is 0 Å². The lowest BCUT2D eigenvalue weighted by atomic mass is 10.1. The van der Waals surface area contributed by atoms with Gasteiger partial charge >= 0.3 is 6.18 Å². The smallest absolute Gasteiger partial charge is 0.354 e. The molecule has 3 aromatic rings. The van der Waals surface area contributed by atoms with Gasteiger partial charge in [-0.3, -0.25) is 13.9 Å². The molecule has 0 aromatic heterocycles. The number of carbonyl (C=O) groups is 2. The maximum Gasteiger partial charge on any atom is 0.416 e. The Bertz CT molecular complexity index is 1560. The fourth-order valence-electron chi connectivity index (χ4n) is 4.07. The van der Waals surface area contributed by atoms with E-state index in [0.717, 1.165) is 17.4 Å². The molecule has 2 amide bonds. The molecule has 0 aliphatic carbocycles. The SMILES string of the molecule is CCCCNC(=O)[C@H](C)N(Cc1ccc(Cl)c(Cl)c1)C(=O)CN(c1cc(C(F)(F)F)ccc1Cl)S(=O)(=O)c1ccccc1. The number of unbranched alkanes of at least 4 members (excludes halogenated alkanes) is 1. The summed E-state index contributed by atoms with van der Waals surface area (Å²) in [5.41, 5.74) is -1.24. The third-order valence-corrected chi connectivity index (χ3v) is 9.32. The van der Waals surface area contributed by atoms with Gasteiger partial charge < -0.3 is 10.2 Å². The van der Waals surface area contributed by atoms with Crippen molar-refractivity contribution in [2.24, 2.45) is 0 Å². The first-order valence-corrected chi connectivity index (χ1v) is 15.7. The molecule has 0 unspecified atom stereocenters. The summed E-state index contributed by atoms with van der Waals surface area (Å²) in [4.78, 5) is 27.8. The van der Waals surface area contributed by atoms with E-state index in [4.69, 9.17) is 34.8 Å². The van der Waals surface area contributed by atoms with Crippen molar-refractivity contribution in [2.45, 2.75) is 50.3 Å². The molecule has 0 saturated heterocycles. The molecular formula is C29H29Cl3F3N3O4S. The summed E-state index contributed by atoms with van der Waals surface area (Å²) in [6, 6.07) is 12.6. The van der Waals surface area contributed by atoms with Crippen molar-refractivity contribution >= 4 is 62.3 Å². The third kappa shape index (κ3) is 8.78. The van der Waals surface area contributed by atoms with E-state index >= 15 is 0 Å². The van der Waals surface area contributed by atoms with Crippen LogP contribution in [-0.2, 0) is 32.3 Å². The van der Waals surface area contributed by atoms with E-state index in [0.29, 0.717) is 35.0 Å². The van der Waals surface area contributed by atoms with Gasteiger partial charge in [0.2, 0.25) is 11.8 Å². The lowest BCUT2D eigenvalue weighted by molar-refractivity contribution is -0.139. The van der Waals surface area contributed by atoms with Crippen LogP contribution in [0.2, 0.25) is 15.1 Å². The number of nitrogens with one attached hydrogen (secondary N) is 1. The number of carbonyl (C=O) groups excluding carboxylic acids is 2. The van der Waals surface area contributed by atoms with Gasteiger partial charge in [-0.05, 0) is 61.4 Å². The van der Waals surface area contributed by atoms with Crippen molar-refractivity contribution in [1.82, 2.24) is 10.2 Å². The normalized spacial score (nSPS) is 12.5. The second-order valence-corrected chi connectivity index (χ2v) is 12.7. The van der Waals surface area contributed by atoms with Crippen molar-refractivity contribution in [1.29, 1.82) is 0 Å². The lowest BCUT2D eigenvalue weighted by Crippen LogP contribution is -2.51. The van der Waals surface area contributed by atoms with Gasteiger partial charge in [0.05, 0.1) is 31.2 Å². The predicted molar refractivity (Wildman–Crippen MR) is 162 cm³/mol. The molecule has 0 saturated carbocycles. The Hall–Kier alpha value is -2.99. The number of nitrogens with zero attached hydrogens (tertiary/aromatic N) is 2. The Morgan fingerprint density at radius 1 is 0.930 bits per heavy atom. The number of hydrogen-bond acceptors (Lipinski definition) is 4. The third-order valence-electron chi connectivity index (χ3n) is 6.49. The molecule has 1 N–H and O–H groups in total. The van der Waals surface area contributed by atoms with Crippen LogP contribution in [0.25, 0.3) is 0 Å². The number of benzene rings is 3. The van der Waals surface area contributed by atoms with Gasteiger partial charge in [-0.2, -0.15) is 13.2 Å². The lowest BCUT2D eigenvalue weighted by Gasteiger charge is -2.32. The highest BCUT2D eigenvalue weighted by molar-refractivity contribution is 7.92. The molecule has 232 valence electrons. The first-order chi connectivity index (χ1) is 20.2. The highest BCUT2D eigenvalue weighted by Crippen LogP contribution is 2.37. The zero-order valence-electron chi connectivity index (χ0n) is 23.2. The van der Waals surface area contributed by atoms with Crippen molar-refractivity contribution in [3.05, 3.63) is 92.9 Å². The van der Waals surface area contributed by atoms with Crippen molar-refractivity contribution < 1.29 is 31.2 Å². The van der Waals surface area contributed by atoms with E-state index in [2.05, 4.69) is 5.32 Å². The van der Waals surface area contributed by atoms with Gasteiger partial charge in [0, 0.05) is 13.1 Å². The molecule has 0 spiro atoms. The summed E-state index contributed by atoms with van der Waals surface area (Å²) >= 11 is 18.4. The Morgan fingerprint density at radius 3 is 2.19 bits per heavy atom. The summed E-state index contributed by atoms with van der Waals surface area (Å²) < 4.78 is 69.1. The Kier molecular flexibility index (Phi) is 11.8. The molecule has 0 aliphatic heterocycles. The number of halogens is 6. The molecule has 3 rings (SSSR count). The number of amides is 2. The predicted octanol–water partition coefficient (Wildman–Crippen LogP) is 7.19. The summed E-state index contributed by atoms with van der Waals surface area (Å²) in [5, 5.41) is 2.86. The molecule has 0 aliphatic rings. The van der Waals surface area contributed by atoms with Crippen LogP contribution in [0, 0.1) is 0 Å². The molecule has 7 nitrogen and oxygen atoms in total. The second kappa shape index (κ2) is 14.7. The number of alkyl halides is 3. The minimum atomic E-state index is -4.82. The highest BCUT2D eigenvalue weighted by atomic mass is 35.5. The maximum atomic E-state index is 13.9. The number of anilines is 1. The number of sulfonamides is 1. The molecule has 14 heteroatoms. The van der Waals surface area contributed by atoms with E-state index in [9.17, 15) is 31.2 Å². The molecular weight excluding hydrogens is 650 g/mol. The standard InChI is InChI=1S/C29H29Cl3F3N3O4S/c1-3-4-14-36-28(40)19(2)37(17-20-10-12-23(30)25(32)15-20)27(39)18-38(43(41,42)22-8-6-5-7-9-22)26-16-21(29(33,34)35)11-13-24(26)31/h5-13,15-16,19H,3-4,14,17-18H2,1-2H3,(H,36,40)/t19-/m0/s1. The average Bonchev–Trinajstić information content (AvgIpc) is 2.96. The average molecular weight is 679 g/mol. The maximum absolute atomic E-state index is 13.9. The van der Waals surface area contributed by atoms with Crippen LogP contribution in [0.3, 0.4) is 0 Å². The van der Waals surface area contributed by atoms with Gasteiger partial charge in [-0.25, -0.2) is 8.42 Å². The van der Waals surface area contributed by atoms with Crippen molar-refractivity contribution in [2.75, 3.05) is 17.4 Å². The van der Waals surface area contributed by atoms with Gasteiger partial charge in [0.25, 0.3) is 10.0 Å². The van der Waals surface area contributed by atoms with Crippen LogP contribution in [0.4, 0.5) is 18.9 Å². The first-order valence-electron chi connectivity index (χ1n) is 13.1. The van der Waals surface area contributed by atoms with Crippen molar-refractivity contribution in [3.63, 3.8) is 0 Å². The Balaban J connectivity index is 2.11. The molecule has 43 heavy (non-hydrogen) atoms. The minimum Gasteiger partial charge on any atom is -0.354 e. The van der Waals surface area contributed by atoms with Crippen LogP contribution in [-0.4, -0.2) is 44.3 Å². The molecule has 0 bridgehead atoms. The summed E-state index contributed by atoms with van der Waals surface area (Å²) in [6.07, 6.45) is -3.32. The molecule has 0 radical (unpaired) electrons. The highest BCUT2D eigenvalue weighted by Gasteiger charge is 2.36. The molecule has 1 atom stereocenters. The Morgan fingerprint density at radius 2 is 1.58 bits per heavy atom. The minimum absolute atomic E-state index is 0.187. The topological polar surface area (TPSA) is 86.8 Å². The van der Waals surface area contributed by atoms with Gasteiger partial charge in [-0.15, -0.1) is 0 Å². The zero-order valence-corrected chi connectivity index (χ0v) is 26.3. The van der Waals surface area contributed by atoms with E-state index in [1.54, 1.807) is 12.1 Å². The summed E-state index contributed by atoms with van der Waals surface area (Å²) in [5.74, 6) is -1.38. The summed E-state index contributed by atoms with van der Waals surface area (Å²) in [6.45, 7) is 2.60. The molecule has 0 fully saturated rings. The van der Waals surface area contributed by atoms with E-state index in [-0.39, 0.29) is 26.5 Å². The summed E-state index contributed by atoms with van der Waals surface area (Å²) in [7, 11) is -4.62. The Labute approximate surface area is 263 Å². The van der Waals surface area contributed by atoms with Crippen LogP contribution < -0.4 is 9.62 Å². The van der Waals surface area contributed by atoms with Crippen molar-refractivity contribution in [3.8, 4) is 0 Å². The first kappa shape index (κ1) is 34.5. The number of rotatable bonds is 12. The fraction of sp³-hybridized carbons (Fsp3) is 0.310. The zero-order chi connectivity index (χ0) is 31.9.